The first-order valence-electron chi connectivity index (χ1n) is 13.8. The summed E-state index contributed by atoms with van der Waals surface area (Å²) < 4.78 is 53.9. The van der Waals surface area contributed by atoms with Gasteiger partial charge in [0.1, 0.15) is 5.58 Å². The SMILES string of the molecule is CC(C)(C)C(C)(OC(N)=O)c1oc(-c2ccc(OC(F)F)c(OCC3CC3)c2)nc1C(=O)NCc1coc2ccccc12. The number of hydrogen-bond acceptors (Lipinski definition) is 8. The Morgan fingerprint density at radius 3 is 2.53 bits per heavy atom. The highest BCUT2D eigenvalue weighted by Crippen LogP contribution is 2.46. The molecule has 4 aromatic rings. The number of nitrogens with zero attached hydrogens (tertiary/aromatic N) is 1. The van der Waals surface area contributed by atoms with E-state index in [9.17, 15) is 18.4 Å². The summed E-state index contributed by atoms with van der Waals surface area (Å²) in [6, 6.07) is 11.6. The van der Waals surface area contributed by atoms with Crippen molar-refractivity contribution >= 4 is 23.0 Å². The van der Waals surface area contributed by atoms with Gasteiger partial charge >= 0.3 is 12.7 Å². The zero-order valence-corrected chi connectivity index (χ0v) is 24.2. The predicted octanol–water partition coefficient (Wildman–Crippen LogP) is 6.76. The summed E-state index contributed by atoms with van der Waals surface area (Å²) in [5.74, 6) is -0.407. The van der Waals surface area contributed by atoms with E-state index >= 15 is 0 Å². The Kier molecular flexibility index (Phi) is 8.04. The van der Waals surface area contributed by atoms with Gasteiger partial charge in [0.15, 0.2) is 28.6 Å². The van der Waals surface area contributed by atoms with Crippen LogP contribution in [0.25, 0.3) is 22.4 Å². The Morgan fingerprint density at radius 2 is 1.86 bits per heavy atom. The number of aromatic nitrogens is 1. The molecule has 0 spiro atoms. The standard InChI is InChI=1S/C31H33F2N3O7/c1-30(2,3)31(4,43-29(34)38)25-24(26(37)35-14-19-16-40-21-8-6-5-7-20(19)21)36-27(42-25)18-11-12-22(41-28(32)33)23(13-18)39-15-17-9-10-17/h5-8,11-13,16-17,28H,9-10,14-15H2,1-4H3,(H2,34,38)(H,35,37). The number of carbonyl (C=O) groups excluding carboxylic acids is 2. The van der Waals surface area contributed by atoms with E-state index in [0.717, 1.165) is 23.8 Å². The van der Waals surface area contributed by atoms with Gasteiger partial charge < -0.3 is 34.1 Å². The second-order valence-electron chi connectivity index (χ2n) is 11.6. The van der Waals surface area contributed by atoms with Gasteiger partial charge in [0, 0.05) is 28.5 Å². The van der Waals surface area contributed by atoms with Gasteiger partial charge in [0.2, 0.25) is 5.89 Å². The highest BCUT2D eigenvalue weighted by atomic mass is 19.3. The number of nitrogens with two attached hydrogens (primary N) is 1. The van der Waals surface area contributed by atoms with E-state index in [1.807, 2.05) is 24.3 Å². The second-order valence-corrected chi connectivity index (χ2v) is 11.6. The van der Waals surface area contributed by atoms with Crippen LogP contribution in [-0.2, 0) is 16.9 Å². The van der Waals surface area contributed by atoms with E-state index in [1.165, 1.54) is 18.2 Å². The minimum Gasteiger partial charge on any atom is -0.489 e. The molecule has 5 rings (SSSR count). The number of hydrogen-bond donors (Lipinski definition) is 2. The summed E-state index contributed by atoms with van der Waals surface area (Å²) in [4.78, 5) is 30.2. The zero-order chi connectivity index (χ0) is 30.9. The van der Waals surface area contributed by atoms with Crippen molar-refractivity contribution in [3.63, 3.8) is 0 Å². The molecule has 2 aromatic carbocycles. The summed E-state index contributed by atoms with van der Waals surface area (Å²) in [5, 5.41) is 3.67. The molecule has 2 aromatic heterocycles. The summed E-state index contributed by atoms with van der Waals surface area (Å²) in [5.41, 5.74) is 4.68. The van der Waals surface area contributed by atoms with Gasteiger partial charge in [-0.05, 0) is 49.9 Å². The highest BCUT2D eigenvalue weighted by Gasteiger charge is 2.49. The average Bonchev–Trinajstić information content (AvgIpc) is 3.50. The van der Waals surface area contributed by atoms with Crippen molar-refractivity contribution in [2.45, 2.75) is 59.3 Å². The Labute approximate surface area is 246 Å². The molecule has 1 fully saturated rings. The average molecular weight is 598 g/mol. The first-order chi connectivity index (χ1) is 20.4. The van der Waals surface area contributed by atoms with Crippen LogP contribution >= 0.6 is 0 Å². The lowest BCUT2D eigenvalue weighted by Gasteiger charge is -2.38. The van der Waals surface area contributed by atoms with Crippen LogP contribution < -0.4 is 20.5 Å². The van der Waals surface area contributed by atoms with Crippen LogP contribution in [-0.4, -0.2) is 30.2 Å². The van der Waals surface area contributed by atoms with Gasteiger partial charge in [0.25, 0.3) is 5.91 Å². The van der Waals surface area contributed by atoms with Gasteiger partial charge in [-0.25, -0.2) is 9.78 Å². The number of nitrogens with one attached hydrogen (secondary N) is 1. The monoisotopic (exact) mass is 597 g/mol. The van der Waals surface area contributed by atoms with E-state index in [4.69, 9.17) is 24.0 Å². The lowest BCUT2D eigenvalue weighted by Crippen LogP contribution is -2.44. The molecular formula is C31H33F2N3O7. The molecule has 0 radical (unpaired) electrons. The molecule has 12 heteroatoms. The van der Waals surface area contributed by atoms with Crippen LogP contribution in [0, 0.1) is 11.3 Å². The minimum atomic E-state index is -3.05. The van der Waals surface area contributed by atoms with Gasteiger partial charge in [0.05, 0.1) is 12.9 Å². The summed E-state index contributed by atoms with van der Waals surface area (Å²) in [6.07, 6.45) is 2.47. The number of halogens is 2. The molecule has 10 nitrogen and oxygen atoms in total. The molecule has 1 aliphatic carbocycles. The molecule has 1 unspecified atom stereocenters. The predicted molar refractivity (Wildman–Crippen MR) is 152 cm³/mol. The fourth-order valence-electron chi connectivity index (χ4n) is 4.53. The normalized spacial score (nSPS) is 14.9. The Bertz CT molecular complexity index is 1640. The number of ether oxygens (including phenoxy) is 3. The molecule has 228 valence electrons. The summed E-state index contributed by atoms with van der Waals surface area (Å²) in [7, 11) is 0. The second kappa shape index (κ2) is 11.6. The summed E-state index contributed by atoms with van der Waals surface area (Å²) >= 11 is 0. The van der Waals surface area contributed by atoms with Crippen LogP contribution in [0.1, 0.15) is 62.3 Å². The lowest BCUT2D eigenvalue weighted by molar-refractivity contribution is -0.0707. The van der Waals surface area contributed by atoms with Crippen LogP contribution in [0.5, 0.6) is 11.5 Å². The number of rotatable bonds is 11. The minimum absolute atomic E-state index is 0.0303. The fourth-order valence-corrected chi connectivity index (χ4v) is 4.53. The van der Waals surface area contributed by atoms with E-state index < -0.39 is 29.6 Å². The van der Waals surface area contributed by atoms with Crippen LogP contribution in [0.15, 0.2) is 57.6 Å². The van der Waals surface area contributed by atoms with Gasteiger partial charge in [-0.15, -0.1) is 0 Å². The molecule has 43 heavy (non-hydrogen) atoms. The number of carbonyl (C=O) groups is 2. The molecule has 3 N–H and O–H groups in total. The number of alkyl halides is 2. The molecule has 2 amide bonds. The van der Waals surface area contributed by atoms with Crippen molar-refractivity contribution in [2.75, 3.05) is 6.61 Å². The molecule has 0 bridgehead atoms. The first kappa shape index (κ1) is 29.9. The van der Waals surface area contributed by atoms with Crippen LogP contribution in [0.3, 0.4) is 0 Å². The largest absolute Gasteiger partial charge is 0.489 e. The van der Waals surface area contributed by atoms with E-state index in [0.29, 0.717) is 23.7 Å². The molecule has 1 atom stereocenters. The third kappa shape index (κ3) is 6.42. The Hall–Kier alpha value is -4.61. The number of amides is 2. The maximum atomic E-state index is 13.7. The fraction of sp³-hybridized carbons (Fsp3) is 0.387. The van der Waals surface area contributed by atoms with Gasteiger partial charge in [-0.1, -0.05) is 39.0 Å². The van der Waals surface area contributed by atoms with Gasteiger partial charge in [-0.3, -0.25) is 4.79 Å². The number of benzene rings is 2. The molecule has 0 saturated heterocycles. The topological polar surface area (TPSA) is 139 Å². The maximum absolute atomic E-state index is 13.7. The lowest BCUT2D eigenvalue weighted by atomic mass is 9.75. The molecule has 2 heterocycles. The van der Waals surface area contributed by atoms with Crippen molar-refractivity contribution in [1.82, 2.24) is 10.3 Å². The quantitative estimate of drug-likeness (QED) is 0.193. The Morgan fingerprint density at radius 1 is 1.12 bits per heavy atom. The summed E-state index contributed by atoms with van der Waals surface area (Å²) in [6.45, 7) is 4.34. The molecule has 1 saturated carbocycles. The number of fused-ring (bicyclic) bond motifs is 1. The Balaban J connectivity index is 1.54. The third-order valence-electron chi connectivity index (χ3n) is 7.59. The number of primary amides is 1. The van der Waals surface area contributed by atoms with Crippen molar-refractivity contribution in [2.24, 2.45) is 17.1 Å². The third-order valence-corrected chi connectivity index (χ3v) is 7.59. The van der Waals surface area contributed by atoms with Crippen molar-refractivity contribution in [3.8, 4) is 23.0 Å². The number of oxazole rings is 1. The molecule has 0 aliphatic heterocycles. The van der Waals surface area contributed by atoms with E-state index in [2.05, 4.69) is 15.0 Å². The van der Waals surface area contributed by atoms with Crippen LogP contribution in [0.4, 0.5) is 13.6 Å². The zero-order valence-electron chi connectivity index (χ0n) is 24.2. The smallest absolute Gasteiger partial charge is 0.405 e. The van der Waals surface area contributed by atoms with Crippen molar-refractivity contribution < 1.29 is 41.4 Å². The van der Waals surface area contributed by atoms with Crippen molar-refractivity contribution in [1.29, 1.82) is 0 Å². The number of furan rings is 1. The van der Waals surface area contributed by atoms with E-state index in [-0.39, 0.29) is 35.4 Å². The molecular weight excluding hydrogens is 564 g/mol. The van der Waals surface area contributed by atoms with E-state index in [1.54, 1.807) is 34.0 Å². The van der Waals surface area contributed by atoms with Crippen LogP contribution in [0.2, 0.25) is 0 Å². The van der Waals surface area contributed by atoms with Crippen molar-refractivity contribution in [3.05, 3.63) is 65.7 Å². The maximum Gasteiger partial charge on any atom is 0.405 e. The highest BCUT2D eigenvalue weighted by molar-refractivity contribution is 5.94. The number of para-hydroxylation sites is 1. The molecule has 1 aliphatic rings. The van der Waals surface area contributed by atoms with Gasteiger partial charge in [-0.2, -0.15) is 8.78 Å². The first-order valence-corrected chi connectivity index (χ1v) is 13.8.